The van der Waals surface area contributed by atoms with Gasteiger partial charge in [-0.15, -0.1) is 0 Å². The summed E-state index contributed by atoms with van der Waals surface area (Å²) in [4.78, 5) is 13.9. The number of carbonyl (C=O) groups is 1. The van der Waals surface area contributed by atoms with Crippen molar-refractivity contribution in [2.75, 3.05) is 32.7 Å². The molecule has 22 heavy (non-hydrogen) atoms. The van der Waals surface area contributed by atoms with Crippen LogP contribution in [-0.2, 0) is 9.84 Å². The molecule has 1 saturated heterocycles. The summed E-state index contributed by atoms with van der Waals surface area (Å²) in [6, 6.07) is 8.24. The molecule has 1 aromatic carbocycles. The third-order valence-corrected chi connectivity index (χ3v) is 5.96. The van der Waals surface area contributed by atoms with Gasteiger partial charge in [0.2, 0.25) is 0 Å². The number of sulfone groups is 1. The smallest absolute Gasteiger partial charge is 0.317 e. The van der Waals surface area contributed by atoms with Crippen molar-refractivity contribution in [3.63, 3.8) is 0 Å². The highest BCUT2D eigenvalue weighted by molar-refractivity contribution is 7.92. The molecule has 2 rings (SSSR count). The van der Waals surface area contributed by atoms with Gasteiger partial charge < -0.3 is 15.5 Å². The van der Waals surface area contributed by atoms with E-state index in [4.69, 9.17) is 0 Å². The highest BCUT2D eigenvalue weighted by Gasteiger charge is 2.35. The van der Waals surface area contributed by atoms with Crippen LogP contribution in [0.1, 0.15) is 13.3 Å². The normalized spacial score (nSPS) is 18.4. The molecule has 1 unspecified atom stereocenters. The number of rotatable bonds is 6. The van der Waals surface area contributed by atoms with Crippen LogP contribution in [0, 0.1) is 0 Å². The molecule has 2 N–H and O–H groups in total. The molecule has 0 spiro atoms. The van der Waals surface area contributed by atoms with Gasteiger partial charge in [0.15, 0.2) is 9.84 Å². The van der Waals surface area contributed by atoms with Crippen molar-refractivity contribution >= 4 is 15.9 Å². The van der Waals surface area contributed by atoms with Crippen molar-refractivity contribution in [2.24, 2.45) is 0 Å². The molecule has 0 saturated carbocycles. The largest absolute Gasteiger partial charge is 0.337 e. The van der Waals surface area contributed by atoms with Gasteiger partial charge in [-0.1, -0.05) is 25.1 Å². The van der Waals surface area contributed by atoms with Crippen molar-refractivity contribution in [3.8, 4) is 0 Å². The predicted molar refractivity (Wildman–Crippen MR) is 85.5 cm³/mol. The fourth-order valence-corrected chi connectivity index (χ4v) is 4.23. The first-order valence-corrected chi connectivity index (χ1v) is 9.12. The van der Waals surface area contributed by atoms with Crippen LogP contribution in [0.4, 0.5) is 4.79 Å². The molecule has 0 bridgehead atoms. The summed E-state index contributed by atoms with van der Waals surface area (Å²) < 4.78 is 25.1. The zero-order valence-corrected chi connectivity index (χ0v) is 13.6. The zero-order valence-electron chi connectivity index (χ0n) is 12.8. The van der Waals surface area contributed by atoms with E-state index in [2.05, 4.69) is 10.6 Å². The molecule has 6 nitrogen and oxygen atoms in total. The molecule has 0 aliphatic carbocycles. The fourth-order valence-electron chi connectivity index (χ4n) is 2.51. The Hall–Kier alpha value is -1.60. The SMILES string of the molecule is CCNCCNC(=O)N1CCC(S(=O)(=O)c2ccccc2)C1. The van der Waals surface area contributed by atoms with E-state index in [0.717, 1.165) is 6.54 Å². The first kappa shape index (κ1) is 16.8. The molecule has 122 valence electrons. The Morgan fingerprint density at radius 3 is 2.68 bits per heavy atom. The van der Waals surface area contributed by atoms with Crippen LogP contribution in [0.15, 0.2) is 35.2 Å². The number of likely N-dealkylation sites (N-methyl/N-ethyl adjacent to an activating group) is 1. The van der Waals surface area contributed by atoms with Crippen molar-refractivity contribution < 1.29 is 13.2 Å². The minimum Gasteiger partial charge on any atom is -0.337 e. The summed E-state index contributed by atoms with van der Waals surface area (Å²) in [5, 5.41) is 5.40. The maximum Gasteiger partial charge on any atom is 0.317 e. The standard InChI is InChI=1S/C15H23N3O3S/c1-2-16-9-10-17-15(19)18-11-8-14(12-18)22(20,21)13-6-4-3-5-7-13/h3-7,14,16H,2,8-12H2,1H3,(H,17,19). The number of benzene rings is 1. The van der Waals surface area contributed by atoms with Crippen LogP contribution in [0.5, 0.6) is 0 Å². The van der Waals surface area contributed by atoms with E-state index >= 15 is 0 Å². The predicted octanol–water partition coefficient (Wildman–Crippen LogP) is 0.854. The third-order valence-electron chi connectivity index (χ3n) is 3.77. The van der Waals surface area contributed by atoms with Crippen LogP contribution >= 0.6 is 0 Å². The molecular weight excluding hydrogens is 302 g/mol. The molecule has 0 aromatic heterocycles. The molecule has 1 atom stereocenters. The fraction of sp³-hybridized carbons (Fsp3) is 0.533. The van der Waals surface area contributed by atoms with Crippen molar-refractivity contribution in [3.05, 3.63) is 30.3 Å². The average molecular weight is 325 g/mol. The monoisotopic (exact) mass is 325 g/mol. The minimum atomic E-state index is -3.37. The van der Waals surface area contributed by atoms with Gasteiger partial charge in [0.25, 0.3) is 0 Å². The van der Waals surface area contributed by atoms with Gasteiger partial charge in [-0.3, -0.25) is 0 Å². The van der Waals surface area contributed by atoms with Crippen molar-refractivity contribution in [1.29, 1.82) is 0 Å². The second-order valence-electron chi connectivity index (χ2n) is 5.30. The first-order chi connectivity index (χ1) is 10.6. The number of carbonyl (C=O) groups excluding carboxylic acids is 1. The Morgan fingerprint density at radius 2 is 2.00 bits per heavy atom. The highest BCUT2D eigenvalue weighted by atomic mass is 32.2. The summed E-state index contributed by atoms with van der Waals surface area (Å²) in [6.07, 6.45) is 0.484. The highest BCUT2D eigenvalue weighted by Crippen LogP contribution is 2.23. The van der Waals surface area contributed by atoms with Crippen molar-refractivity contribution in [2.45, 2.75) is 23.5 Å². The average Bonchev–Trinajstić information content (AvgIpc) is 3.03. The van der Waals surface area contributed by atoms with E-state index in [1.165, 1.54) is 0 Å². The molecule has 1 fully saturated rings. The maximum atomic E-state index is 12.5. The van der Waals surface area contributed by atoms with Crippen molar-refractivity contribution in [1.82, 2.24) is 15.5 Å². The number of likely N-dealkylation sites (tertiary alicyclic amines) is 1. The number of nitrogens with zero attached hydrogens (tertiary/aromatic N) is 1. The number of hydrogen-bond donors (Lipinski definition) is 2. The van der Waals surface area contributed by atoms with E-state index in [1.54, 1.807) is 35.2 Å². The van der Waals surface area contributed by atoms with Gasteiger partial charge in [-0.05, 0) is 25.1 Å². The van der Waals surface area contributed by atoms with E-state index in [-0.39, 0.29) is 12.6 Å². The van der Waals surface area contributed by atoms with E-state index < -0.39 is 15.1 Å². The minimum absolute atomic E-state index is 0.191. The molecule has 2 amide bonds. The molecule has 1 aromatic rings. The summed E-state index contributed by atoms with van der Waals surface area (Å²) in [5.41, 5.74) is 0. The lowest BCUT2D eigenvalue weighted by atomic mass is 10.4. The second-order valence-corrected chi connectivity index (χ2v) is 7.53. The first-order valence-electron chi connectivity index (χ1n) is 7.58. The molecule has 1 aliphatic heterocycles. The van der Waals surface area contributed by atoms with Gasteiger partial charge in [0.1, 0.15) is 0 Å². The van der Waals surface area contributed by atoms with Crippen LogP contribution in [0.25, 0.3) is 0 Å². The Kier molecular flexibility index (Phi) is 5.79. The van der Waals surface area contributed by atoms with Crippen LogP contribution in [0.2, 0.25) is 0 Å². The van der Waals surface area contributed by atoms with Gasteiger partial charge >= 0.3 is 6.03 Å². The zero-order chi connectivity index (χ0) is 16.0. The Bertz CT molecular complexity index is 589. The lowest BCUT2D eigenvalue weighted by Crippen LogP contribution is -2.42. The van der Waals surface area contributed by atoms with E-state index in [0.29, 0.717) is 31.0 Å². The number of urea groups is 1. The molecular formula is C15H23N3O3S. The third kappa shape index (κ3) is 3.98. The van der Waals surface area contributed by atoms with Gasteiger partial charge in [-0.2, -0.15) is 0 Å². The number of nitrogens with one attached hydrogen (secondary N) is 2. The number of hydrogen-bond acceptors (Lipinski definition) is 4. The van der Waals surface area contributed by atoms with Gasteiger partial charge in [0.05, 0.1) is 10.1 Å². The summed E-state index contributed by atoms with van der Waals surface area (Å²) >= 11 is 0. The van der Waals surface area contributed by atoms with E-state index in [1.807, 2.05) is 6.92 Å². The summed E-state index contributed by atoms with van der Waals surface area (Å²) in [7, 11) is -3.37. The van der Waals surface area contributed by atoms with Gasteiger partial charge in [0, 0.05) is 26.2 Å². The quantitative estimate of drug-likeness (QED) is 0.760. The molecule has 1 heterocycles. The van der Waals surface area contributed by atoms with E-state index in [9.17, 15) is 13.2 Å². The maximum absolute atomic E-state index is 12.5. The van der Waals surface area contributed by atoms with Crippen LogP contribution in [0.3, 0.4) is 0 Å². The lowest BCUT2D eigenvalue weighted by Gasteiger charge is -2.17. The second kappa shape index (κ2) is 7.60. The lowest BCUT2D eigenvalue weighted by molar-refractivity contribution is 0.209. The van der Waals surface area contributed by atoms with Crippen LogP contribution < -0.4 is 10.6 Å². The Labute approximate surface area is 131 Å². The number of amides is 2. The topological polar surface area (TPSA) is 78.5 Å². The Balaban J connectivity index is 1.91. The van der Waals surface area contributed by atoms with Gasteiger partial charge in [-0.25, -0.2) is 13.2 Å². The summed E-state index contributed by atoms with van der Waals surface area (Å²) in [6.45, 7) is 4.84. The Morgan fingerprint density at radius 1 is 1.27 bits per heavy atom. The van der Waals surface area contributed by atoms with Crippen LogP contribution in [-0.4, -0.2) is 57.3 Å². The molecule has 7 heteroatoms. The molecule has 0 radical (unpaired) electrons. The molecule has 1 aliphatic rings. The summed E-state index contributed by atoms with van der Waals surface area (Å²) in [5.74, 6) is 0.